The molecule has 1 N–H and O–H groups in total. The van der Waals surface area contributed by atoms with Crippen molar-refractivity contribution in [3.8, 4) is 17.6 Å². The first-order valence-electron chi connectivity index (χ1n) is 8.43. The topological polar surface area (TPSA) is 71.4 Å². The Labute approximate surface area is 162 Å². The molecule has 2 heterocycles. The minimum absolute atomic E-state index is 0.00566. The van der Waals surface area contributed by atoms with Crippen LogP contribution in [0.1, 0.15) is 0 Å². The van der Waals surface area contributed by atoms with Gasteiger partial charge in [0, 0.05) is 5.69 Å². The van der Waals surface area contributed by atoms with E-state index in [1.165, 1.54) is 30.5 Å². The summed E-state index contributed by atoms with van der Waals surface area (Å²) < 4.78 is 47.1. The summed E-state index contributed by atoms with van der Waals surface area (Å²) >= 11 is 0. The molecular formula is C20H13F3N4O2. The molecule has 0 atom stereocenters. The maximum atomic E-state index is 13.9. The van der Waals surface area contributed by atoms with Crippen molar-refractivity contribution in [1.29, 1.82) is 0 Å². The first kappa shape index (κ1) is 18.5. The van der Waals surface area contributed by atoms with Crippen LogP contribution < -0.4 is 9.64 Å². The van der Waals surface area contributed by atoms with Crippen molar-refractivity contribution in [2.45, 2.75) is 6.30 Å². The predicted octanol–water partition coefficient (Wildman–Crippen LogP) is 5.18. The van der Waals surface area contributed by atoms with Crippen molar-refractivity contribution in [1.82, 2.24) is 15.0 Å². The lowest BCUT2D eigenvalue weighted by Gasteiger charge is -2.27. The highest BCUT2D eigenvalue weighted by Gasteiger charge is 2.40. The summed E-state index contributed by atoms with van der Waals surface area (Å²) in [6.45, 7) is 0. The summed E-state index contributed by atoms with van der Waals surface area (Å²) in [6, 6.07) is 15.5. The number of fused-ring (bicyclic) bond motifs is 1. The summed E-state index contributed by atoms with van der Waals surface area (Å²) in [5.74, 6) is -0.236. The van der Waals surface area contributed by atoms with Crippen molar-refractivity contribution >= 4 is 22.3 Å². The van der Waals surface area contributed by atoms with Gasteiger partial charge < -0.3 is 9.84 Å². The molecule has 0 saturated heterocycles. The Morgan fingerprint density at radius 3 is 2.17 bits per heavy atom. The number of hydrogen-bond acceptors (Lipinski definition) is 6. The Morgan fingerprint density at radius 1 is 0.862 bits per heavy atom. The summed E-state index contributed by atoms with van der Waals surface area (Å²) in [4.78, 5) is 11.9. The third-order valence-electron chi connectivity index (χ3n) is 4.01. The molecule has 0 fully saturated rings. The number of para-hydroxylation sites is 2. The fourth-order valence-corrected chi connectivity index (χ4v) is 2.84. The highest BCUT2D eigenvalue weighted by Crippen LogP contribution is 2.42. The lowest BCUT2D eigenvalue weighted by Crippen LogP contribution is -2.33. The second kappa shape index (κ2) is 7.27. The SMILES string of the molecule is Oc1nc(Oc2ccccc2)nc2cncc(N(c3ccccc3)C(F)(F)F)c12. The Balaban J connectivity index is 1.85. The van der Waals surface area contributed by atoms with Gasteiger partial charge in [0.05, 0.1) is 23.5 Å². The lowest BCUT2D eigenvalue weighted by atomic mass is 10.2. The molecule has 9 heteroatoms. The number of aromatic hydroxyl groups is 1. The van der Waals surface area contributed by atoms with Crippen molar-refractivity contribution in [2.24, 2.45) is 0 Å². The first-order chi connectivity index (χ1) is 13.9. The van der Waals surface area contributed by atoms with Crippen LogP contribution in [-0.4, -0.2) is 26.4 Å². The zero-order valence-electron chi connectivity index (χ0n) is 14.7. The van der Waals surface area contributed by atoms with Gasteiger partial charge in [-0.3, -0.25) is 9.88 Å². The fraction of sp³-hybridized carbons (Fsp3) is 0.0500. The van der Waals surface area contributed by atoms with E-state index in [9.17, 15) is 18.3 Å². The molecule has 0 saturated carbocycles. The number of pyridine rings is 1. The van der Waals surface area contributed by atoms with Crippen LogP contribution in [0.5, 0.6) is 17.6 Å². The van der Waals surface area contributed by atoms with Crippen molar-refractivity contribution in [3.05, 3.63) is 73.1 Å². The second-order valence-electron chi connectivity index (χ2n) is 5.94. The Hall–Kier alpha value is -3.88. The van der Waals surface area contributed by atoms with E-state index in [1.54, 1.807) is 36.4 Å². The molecule has 0 spiro atoms. The van der Waals surface area contributed by atoms with E-state index in [0.717, 1.165) is 6.20 Å². The van der Waals surface area contributed by atoms with Gasteiger partial charge in [0.2, 0.25) is 5.88 Å². The van der Waals surface area contributed by atoms with Crippen LogP contribution in [0.3, 0.4) is 0 Å². The Bertz CT molecular complexity index is 1140. The molecule has 6 nitrogen and oxygen atoms in total. The van der Waals surface area contributed by atoms with E-state index in [-0.39, 0.29) is 27.5 Å². The van der Waals surface area contributed by atoms with Crippen molar-refractivity contribution in [2.75, 3.05) is 4.90 Å². The van der Waals surface area contributed by atoms with Gasteiger partial charge in [-0.1, -0.05) is 36.4 Å². The molecular weight excluding hydrogens is 385 g/mol. The summed E-state index contributed by atoms with van der Waals surface area (Å²) in [5.41, 5.74) is -0.533. The molecule has 2 aromatic carbocycles. The second-order valence-corrected chi connectivity index (χ2v) is 5.94. The molecule has 0 aliphatic rings. The molecule has 146 valence electrons. The van der Waals surface area contributed by atoms with Gasteiger partial charge in [-0.15, -0.1) is 13.2 Å². The summed E-state index contributed by atoms with van der Waals surface area (Å²) in [6.07, 6.45) is -2.54. The number of alkyl halides is 3. The van der Waals surface area contributed by atoms with Gasteiger partial charge in [0.1, 0.15) is 11.3 Å². The minimum atomic E-state index is -4.77. The molecule has 0 aliphatic heterocycles. The maximum absolute atomic E-state index is 13.9. The Morgan fingerprint density at radius 2 is 1.52 bits per heavy atom. The molecule has 4 aromatic rings. The molecule has 4 rings (SSSR count). The fourth-order valence-electron chi connectivity index (χ4n) is 2.84. The number of anilines is 2. The highest BCUT2D eigenvalue weighted by molar-refractivity contribution is 5.96. The van der Waals surface area contributed by atoms with Gasteiger partial charge in [-0.05, 0) is 24.3 Å². The van der Waals surface area contributed by atoms with E-state index >= 15 is 0 Å². The number of halogens is 3. The predicted molar refractivity (Wildman–Crippen MR) is 100 cm³/mol. The van der Waals surface area contributed by atoms with Gasteiger partial charge in [0.25, 0.3) is 0 Å². The molecule has 0 amide bonds. The lowest BCUT2D eigenvalue weighted by molar-refractivity contribution is -0.120. The normalized spacial score (nSPS) is 11.4. The van der Waals surface area contributed by atoms with Crippen molar-refractivity contribution in [3.63, 3.8) is 0 Å². The third kappa shape index (κ3) is 3.75. The molecule has 0 radical (unpaired) electrons. The zero-order valence-corrected chi connectivity index (χ0v) is 14.7. The number of rotatable bonds is 4. The smallest absolute Gasteiger partial charge is 0.489 e. The standard InChI is InChI=1S/C20H13F3N4O2/c21-20(22,23)27(13-7-3-1-4-8-13)16-12-24-11-15-17(16)18(28)26-19(25-15)29-14-9-5-2-6-10-14/h1-12H,(H,25,26,28). The molecule has 0 bridgehead atoms. The minimum Gasteiger partial charge on any atom is -0.493 e. The maximum Gasteiger partial charge on any atom is 0.489 e. The van der Waals surface area contributed by atoms with Crippen LogP contribution in [0.4, 0.5) is 24.5 Å². The van der Waals surface area contributed by atoms with Crippen LogP contribution in [-0.2, 0) is 0 Å². The van der Waals surface area contributed by atoms with Crippen LogP contribution >= 0.6 is 0 Å². The van der Waals surface area contributed by atoms with E-state index in [2.05, 4.69) is 15.0 Å². The highest BCUT2D eigenvalue weighted by atomic mass is 19.4. The van der Waals surface area contributed by atoms with E-state index in [4.69, 9.17) is 4.74 Å². The van der Waals surface area contributed by atoms with Gasteiger partial charge >= 0.3 is 12.3 Å². The number of ether oxygens (including phenoxy) is 1. The van der Waals surface area contributed by atoms with Gasteiger partial charge in [0.15, 0.2) is 0 Å². The number of aromatic nitrogens is 3. The molecule has 0 aliphatic carbocycles. The Kier molecular flexibility index (Phi) is 4.63. The first-order valence-corrected chi connectivity index (χ1v) is 8.43. The van der Waals surface area contributed by atoms with Gasteiger partial charge in [-0.25, -0.2) is 0 Å². The van der Waals surface area contributed by atoms with Crippen LogP contribution in [0.25, 0.3) is 10.9 Å². The number of benzene rings is 2. The average molecular weight is 398 g/mol. The zero-order chi connectivity index (χ0) is 20.4. The van der Waals surface area contributed by atoms with Gasteiger partial charge in [-0.2, -0.15) is 9.97 Å². The number of hydrogen-bond donors (Lipinski definition) is 1. The third-order valence-corrected chi connectivity index (χ3v) is 4.01. The quantitative estimate of drug-likeness (QED) is 0.478. The van der Waals surface area contributed by atoms with E-state index in [0.29, 0.717) is 5.75 Å². The summed E-state index contributed by atoms with van der Waals surface area (Å²) in [5, 5.41) is 10.2. The van der Waals surface area contributed by atoms with E-state index < -0.39 is 17.9 Å². The van der Waals surface area contributed by atoms with Crippen LogP contribution in [0.15, 0.2) is 73.1 Å². The molecule has 0 unspecified atom stereocenters. The van der Waals surface area contributed by atoms with Crippen molar-refractivity contribution < 1.29 is 23.0 Å². The number of nitrogens with zero attached hydrogens (tertiary/aromatic N) is 4. The monoisotopic (exact) mass is 398 g/mol. The summed E-state index contributed by atoms with van der Waals surface area (Å²) in [7, 11) is 0. The van der Waals surface area contributed by atoms with Crippen LogP contribution in [0.2, 0.25) is 0 Å². The molecule has 29 heavy (non-hydrogen) atoms. The molecule has 2 aromatic heterocycles. The largest absolute Gasteiger partial charge is 0.493 e. The van der Waals surface area contributed by atoms with Crippen LogP contribution in [0, 0.1) is 0 Å². The van der Waals surface area contributed by atoms with E-state index in [1.807, 2.05) is 0 Å². The average Bonchev–Trinajstić information content (AvgIpc) is 2.68.